The standard InChI is InChI=1S/C19H27N3O2/c1-13(2)18(23)21(3)10-14-4-6-15(7-5-14)19(24)22-11-16-8-20-9-17(16)12-22/h4-7,13,16-17,20H,8-12H2,1-3H3/t16-,17+. The van der Waals surface area contributed by atoms with Crippen molar-refractivity contribution in [2.75, 3.05) is 33.2 Å². The van der Waals surface area contributed by atoms with Gasteiger partial charge in [0.05, 0.1) is 0 Å². The van der Waals surface area contributed by atoms with Crippen molar-refractivity contribution in [1.29, 1.82) is 0 Å². The van der Waals surface area contributed by atoms with Crippen LogP contribution >= 0.6 is 0 Å². The fraction of sp³-hybridized carbons (Fsp3) is 0.579. The first-order valence-electron chi connectivity index (χ1n) is 8.79. The summed E-state index contributed by atoms with van der Waals surface area (Å²) >= 11 is 0. The first kappa shape index (κ1) is 17.0. The molecule has 1 aromatic rings. The van der Waals surface area contributed by atoms with E-state index in [0.29, 0.717) is 18.4 Å². The third-order valence-corrected chi connectivity index (χ3v) is 5.17. The Morgan fingerprint density at radius 1 is 1.17 bits per heavy atom. The molecule has 0 aromatic heterocycles. The monoisotopic (exact) mass is 329 g/mol. The maximum absolute atomic E-state index is 12.7. The summed E-state index contributed by atoms with van der Waals surface area (Å²) in [5, 5.41) is 3.40. The maximum atomic E-state index is 12.7. The second-order valence-electron chi connectivity index (χ2n) is 7.43. The summed E-state index contributed by atoms with van der Waals surface area (Å²) in [5.74, 6) is 1.49. The number of benzene rings is 1. The lowest BCUT2D eigenvalue weighted by atomic mass is 10.0. The predicted molar refractivity (Wildman–Crippen MR) is 93.5 cm³/mol. The summed E-state index contributed by atoms with van der Waals surface area (Å²) in [6.07, 6.45) is 0. The first-order valence-corrected chi connectivity index (χ1v) is 8.79. The van der Waals surface area contributed by atoms with Crippen molar-refractivity contribution in [2.45, 2.75) is 20.4 Å². The van der Waals surface area contributed by atoms with E-state index in [4.69, 9.17) is 0 Å². The summed E-state index contributed by atoms with van der Waals surface area (Å²) in [6.45, 7) is 8.18. The van der Waals surface area contributed by atoms with Crippen molar-refractivity contribution >= 4 is 11.8 Å². The Morgan fingerprint density at radius 2 is 1.75 bits per heavy atom. The molecule has 2 heterocycles. The number of likely N-dealkylation sites (tertiary alicyclic amines) is 1. The van der Waals surface area contributed by atoms with Crippen LogP contribution in [-0.2, 0) is 11.3 Å². The number of hydrogen-bond acceptors (Lipinski definition) is 3. The van der Waals surface area contributed by atoms with Crippen molar-refractivity contribution in [1.82, 2.24) is 15.1 Å². The SMILES string of the molecule is CC(C)C(=O)N(C)Cc1ccc(C(=O)N2C[C@H]3CNC[C@H]3C2)cc1. The van der Waals surface area contributed by atoms with Gasteiger partial charge in [-0.25, -0.2) is 0 Å². The zero-order chi connectivity index (χ0) is 17.3. The van der Waals surface area contributed by atoms with E-state index in [9.17, 15) is 9.59 Å². The second-order valence-corrected chi connectivity index (χ2v) is 7.43. The minimum Gasteiger partial charge on any atom is -0.341 e. The zero-order valence-electron chi connectivity index (χ0n) is 14.8. The molecule has 0 spiro atoms. The predicted octanol–water partition coefficient (Wildman–Crippen LogP) is 1.59. The number of nitrogens with zero attached hydrogens (tertiary/aromatic N) is 2. The maximum Gasteiger partial charge on any atom is 0.253 e. The molecule has 0 radical (unpaired) electrons. The molecule has 0 aliphatic carbocycles. The van der Waals surface area contributed by atoms with E-state index in [1.165, 1.54) is 0 Å². The fourth-order valence-electron chi connectivity index (χ4n) is 3.75. The molecule has 2 fully saturated rings. The van der Waals surface area contributed by atoms with Gasteiger partial charge in [0, 0.05) is 51.3 Å². The lowest BCUT2D eigenvalue weighted by Gasteiger charge is -2.20. The van der Waals surface area contributed by atoms with Crippen LogP contribution in [0.25, 0.3) is 0 Å². The van der Waals surface area contributed by atoms with E-state index in [1.54, 1.807) is 4.90 Å². The molecule has 2 saturated heterocycles. The minimum atomic E-state index is -0.0000381. The highest BCUT2D eigenvalue weighted by atomic mass is 16.2. The van der Waals surface area contributed by atoms with Gasteiger partial charge < -0.3 is 15.1 Å². The molecule has 5 heteroatoms. The highest BCUT2D eigenvalue weighted by Crippen LogP contribution is 2.27. The Labute approximate surface area is 144 Å². The van der Waals surface area contributed by atoms with Gasteiger partial charge in [0.1, 0.15) is 0 Å². The van der Waals surface area contributed by atoms with E-state index in [2.05, 4.69) is 5.32 Å². The first-order chi connectivity index (χ1) is 11.5. The van der Waals surface area contributed by atoms with Crippen molar-refractivity contribution in [2.24, 2.45) is 17.8 Å². The van der Waals surface area contributed by atoms with Gasteiger partial charge in [0.15, 0.2) is 0 Å². The largest absolute Gasteiger partial charge is 0.341 e. The van der Waals surface area contributed by atoms with E-state index < -0.39 is 0 Å². The molecule has 5 nitrogen and oxygen atoms in total. The Morgan fingerprint density at radius 3 is 2.29 bits per heavy atom. The topological polar surface area (TPSA) is 52.7 Å². The third-order valence-electron chi connectivity index (χ3n) is 5.17. The molecule has 2 atom stereocenters. The molecule has 0 unspecified atom stereocenters. The van der Waals surface area contributed by atoms with Crippen molar-refractivity contribution < 1.29 is 9.59 Å². The van der Waals surface area contributed by atoms with Gasteiger partial charge in [-0.3, -0.25) is 9.59 Å². The van der Waals surface area contributed by atoms with Crippen LogP contribution in [0.2, 0.25) is 0 Å². The van der Waals surface area contributed by atoms with Crippen LogP contribution in [-0.4, -0.2) is 54.8 Å². The molecule has 2 aliphatic rings. The van der Waals surface area contributed by atoms with Gasteiger partial charge in [-0.2, -0.15) is 0 Å². The number of nitrogens with one attached hydrogen (secondary N) is 1. The second kappa shape index (κ2) is 6.93. The number of hydrogen-bond donors (Lipinski definition) is 1. The van der Waals surface area contributed by atoms with Gasteiger partial charge in [0.2, 0.25) is 5.91 Å². The third kappa shape index (κ3) is 3.46. The van der Waals surface area contributed by atoms with Crippen LogP contribution in [0.4, 0.5) is 0 Å². The highest BCUT2D eigenvalue weighted by Gasteiger charge is 2.38. The molecule has 1 N–H and O–H groups in total. The molecule has 130 valence electrons. The van der Waals surface area contributed by atoms with Crippen LogP contribution in [0.15, 0.2) is 24.3 Å². The number of rotatable bonds is 4. The summed E-state index contributed by atoms with van der Waals surface area (Å²) in [6, 6.07) is 7.68. The van der Waals surface area contributed by atoms with Crippen molar-refractivity contribution in [3.8, 4) is 0 Å². The van der Waals surface area contributed by atoms with Crippen LogP contribution < -0.4 is 5.32 Å². The zero-order valence-corrected chi connectivity index (χ0v) is 14.8. The lowest BCUT2D eigenvalue weighted by Crippen LogP contribution is -2.32. The smallest absolute Gasteiger partial charge is 0.253 e. The lowest BCUT2D eigenvalue weighted by molar-refractivity contribution is -0.133. The number of carbonyl (C=O) groups is 2. The van der Waals surface area contributed by atoms with Crippen LogP contribution in [0.5, 0.6) is 0 Å². The van der Waals surface area contributed by atoms with Gasteiger partial charge in [-0.05, 0) is 29.5 Å². The molecular weight excluding hydrogens is 302 g/mol. The van der Waals surface area contributed by atoms with Gasteiger partial charge in [-0.15, -0.1) is 0 Å². The average molecular weight is 329 g/mol. The van der Waals surface area contributed by atoms with Crippen molar-refractivity contribution in [3.05, 3.63) is 35.4 Å². The Hall–Kier alpha value is -1.88. The van der Waals surface area contributed by atoms with E-state index in [0.717, 1.165) is 37.3 Å². The summed E-state index contributed by atoms with van der Waals surface area (Å²) in [4.78, 5) is 28.3. The van der Waals surface area contributed by atoms with Gasteiger partial charge in [-0.1, -0.05) is 26.0 Å². The number of fused-ring (bicyclic) bond motifs is 1. The Bertz CT molecular complexity index is 600. The molecule has 0 bridgehead atoms. The molecule has 2 aliphatic heterocycles. The van der Waals surface area contributed by atoms with Crippen molar-refractivity contribution in [3.63, 3.8) is 0 Å². The number of amides is 2. The van der Waals surface area contributed by atoms with Gasteiger partial charge in [0.25, 0.3) is 5.91 Å². The van der Waals surface area contributed by atoms with Gasteiger partial charge >= 0.3 is 0 Å². The molecule has 2 amide bonds. The minimum absolute atomic E-state index is 0.0000381. The van der Waals surface area contributed by atoms with E-state index in [1.807, 2.05) is 50.1 Å². The Kier molecular flexibility index (Phi) is 4.90. The molecule has 3 rings (SSSR count). The quantitative estimate of drug-likeness (QED) is 0.913. The molecule has 1 aromatic carbocycles. The van der Waals surface area contributed by atoms with E-state index in [-0.39, 0.29) is 17.7 Å². The van der Waals surface area contributed by atoms with Crippen LogP contribution in [0.3, 0.4) is 0 Å². The number of carbonyl (C=O) groups excluding carboxylic acids is 2. The van der Waals surface area contributed by atoms with Crippen LogP contribution in [0.1, 0.15) is 29.8 Å². The summed E-state index contributed by atoms with van der Waals surface area (Å²) in [7, 11) is 1.82. The molecular formula is C19H27N3O2. The summed E-state index contributed by atoms with van der Waals surface area (Å²) < 4.78 is 0. The van der Waals surface area contributed by atoms with Crippen LogP contribution in [0, 0.1) is 17.8 Å². The molecule has 24 heavy (non-hydrogen) atoms. The normalized spacial score (nSPS) is 22.8. The fourth-order valence-corrected chi connectivity index (χ4v) is 3.75. The average Bonchev–Trinajstić information content (AvgIpc) is 3.15. The Balaban J connectivity index is 1.60. The van der Waals surface area contributed by atoms with E-state index >= 15 is 0 Å². The molecule has 0 saturated carbocycles. The highest BCUT2D eigenvalue weighted by molar-refractivity contribution is 5.94. The summed E-state index contributed by atoms with van der Waals surface area (Å²) in [5.41, 5.74) is 1.79.